The van der Waals surface area contributed by atoms with Gasteiger partial charge in [-0.25, -0.2) is 13.2 Å². The zero-order valence-electron chi connectivity index (χ0n) is 16.0. The fraction of sp³-hybridized carbons (Fsp3) is 0.300. The van der Waals surface area contributed by atoms with Crippen molar-refractivity contribution in [2.75, 3.05) is 18.4 Å². The van der Waals surface area contributed by atoms with Gasteiger partial charge in [0.15, 0.2) is 5.58 Å². The quantitative estimate of drug-likeness (QED) is 0.587. The molecule has 4 rings (SSSR count). The number of piperidine rings is 1. The van der Waals surface area contributed by atoms with E-state index in [0.717, 1.165) is 23.7 Å². The number of carbonyl (C=O) groups excluding carboxylic acids is 1. The number of benzene rings is 2. The van der Waals surface area contributed by atoms with Crippen LogP contribution in [-0.2, 0) is 21.4 Å². The third kappa shape index (κ3) is 4.21. The van der Waals surface area contributed by atoms with Gasteiger partial charge in [0.05, 0.1) is 10.4 Å². The van der Waals surface area contributed by atoms with Crippen molar-refractivity contribution in [1.82, 2.24) is 8.87 Å². The average Bonchev–Trinajstić information content (AvgIpc) is 3.03. The molecule has 2 heterocycles. The van der Waals surface area contributed by atoms with E-state index in [1.54, 1.807) is 30.3 Å². The lowest BCUT2D eigenvalue weighted by molar-refractivity contribution is -0.116. The molecule has 1 saturated heterocycles. The first-order chi connectivity index (χ1) is 14.3. The van der Waals surface area contributed by atoms with Crippen LogP contribution in [0.4, 0.5) is 5.69 Å². The van der Waals surface area contributed by atoms with Crippen molar-refractivity contribution in [2.45, 2.75) is 30.7 Å². The first kappa shape index (κ1) is 20.8. The molecule has 2 aromatic carbocycles. The molecule has 1 N–H and O–H groups in total. The van der Waals surface area contributed by atoms with Crippen LogP contribution in [0.3, 0.4) is 0 Å². The average molecular weight is 494 g/mol. The van der Waals surface area contributed by atoms with E-state index in [-0.39, 0.29) is 11.4 Å². The number of carbonyl (C=O) groups is 1. The number of nitrogens with zero attached hydrogens (tertiary/aromatic N) is 2. The molecule has 1 amide bonds. The molecule has 0 atom stereocenters. The summed E-state index contributed by atoms with van der Waals surface area (Å²) < 4.78 is 34.1. The lowest BCUT2D eigenvalue weighted by Gasteiger charge is -2.25. The van der Waals surface area contributed by atoms with Gasteiger partial charge >= 0.3 is 5.76 Å². The summed E-state index contributed by atoms with van der Waals surface area (Å²) in [6, 6.07) is 11.2. The molecule has 8 nitrogen and oxygen atoms in total. The number of sulfonamides is 1. The fourth-order valence-corrected chi connectivity index (χ4v) is 5.36. The Kier molecular flexibility index (Phi) is 5.81. The Hall–Kier alpha value is -2.43. The second-order valence-electron chi connectivity index (χ2n) is 7.10. The molecule has 0 bridgehead atoms. The number of halogens is 1. The maximum Gasteiger partial charge on any atom is 0.420 e. The van der Waals surface area contributed by atoms with E-state index in [2.05, 4.69) is 21.2 Å². The van der Waals surface area contributed by atoms with Crippen LogP contribution in [0.25, 0.3) is 11.1 Å². The van der Waals surface area contributed by atoms with Gasteiger partial charge < -0.3 is 9.73 Å². The van der Waals surface area contributed by atoms with Gasteiger partial charge in [0.25, 0.3) is 0 Å². The molecule has 1 fully saturated rings. The van der Waals surface area contributed by atoms with Crippen LogP contribution < -0.4 is 11.1 Å². The normalized spacial score (nSPS) is 15.4. The molecule has 0 unspecified atom stereocenters. The second kappa shape index (κ2) is 8.37. The Balaban J connectivity index is 1.47. The van der Waals surface area contributed by atoms with Crippen molar-refractivity contribution in [2.24, 2.45) is 0 Å². The Morgan fingerprint density at radius 2 is 1.77 bits per heavy atom. The first-order valence-electron chi connectivity index (χ1n) is 9.53. The van der Waals surface area contributed by atoms with Gasteiger partial charge in [-0.1, -0.05) is 22.4 Å². The SMILES string of the molecule is O=C(Cn1c(=O)oc2cc(Br)ccc21)Nc1ccc(S(=O)(=O)N2CCCCC2)cc1. The molecule has 30 heavy (non-hydrogen) atoms. The molecular weight excluding hydrogens is 474 g/mol. The Bertz CT molecular complexity index is 1240. The van der Waals surface area contributed by atoms with Crippen molar-refractivity contribution in [1.29, 1.82) is 0 Å². The summed E-state index contributed by atoms with van der Waals surface area (Å²) in [5, 5.41) is 2.68. The molecular formula is C20H20BrN3O5S. The molecule has 0 saturated carbocycles. The zero-order valence-corrected chi connectivity index (χ0v) is 18.4. The van der Waals surface area contributed by atoms with Gasteiger partial charge in [-0.05, 0) is 55.3 Å². The van der Waals surface area contributed by atoms with E-state index in [1.165, 1.54) is 21.0 Å². The van der Waals surface area contributed by atoms with Crippen LogP contribution in [0.15, 0.2) is 61.0 Å². The van der Waals surface area contributed by atoms with Crippen LogP contribution in [0.2, 0.25) is 0 Å². The summed E-state index contributed by atoms with van der Waals surface area (Å²) in [6.45, 7) is 0.844. The number of nitrogens with one attached hydrogen (secondary N) is 1. The summed E-state index contributed by atoms with van der Waals surface area (Å²) in [5.41, 5.74) is 1.34. The molecule has 1 aliphatic rings. The highest BCUT2D eigenvalue weighted by atomic mass is 79.9. The van der Waals surface area contributed by atoms with E-state index >= 15 is 0 Å². The van der Waals surface area contributed by atoms with Crippen molar-refractivity contribution < 1.29 is 17.6 Å². The highest BCUT2D eigenvalue weighted by molar-refractivity contribution is 9.10. The van der Waals surface area contributed by atoms with E-state index in [1.807, 2.05) is 0 Å². The summed E-state index contributed by atoms with van der Waals surface area (Å²) in [5.74, 6) is -1.05. The molecule has 1 aliphatic heterocycles. The lowest BCUT2D eigenvalue weighted by atomic mass is 10.2. The standard InChI is InChI=1S/C20H20BrN3O5S/c21-14-4-9-17-18(12-14)29-20(26)24(17)13-19(25)22-15-5-7-16(8-6-15)30(27,28)23-10-2-1-3-11-23/h4-9,12H,1-3,10-11,13H2,(H,22,25). The number of fused-ring (bicyclic) bond motifs is 1. The number of amides is 1. The number of hydrogen-bond acceptors (Lipinski definition) is 5. The van der Waals surface area contributed by atoms with Crippen LogP contribution in [0.5, 0.6) is 0 Å². The largest absolute Gasteiger partial charge is 0.420 e. The topological polar surface area (TPSA) is 102 Å². The zero-order chi connectivity index (χ0) is 21.3. The summed E-state index contributed by atoms with van der Waals surface area (Å²) in [4.78, 5) is 24.7. The Labute approximate surface area is 181 Å². The van der Waals surface area contributed by atoms with Gasteiger partial charge in [-0.2, -0.15) is 4.31 Å². The van der Waals surface area contributed by atoms with Crippen LogP contribution in [0, 0.1) is 0 Å². The van der Waals surface area contributed by atoms with E-state index < -0.39 is 21.7 Å². The van der Waals surface area contributed by atoms with E-state index in [9.17, 15) is 18.0 Å². The Morgan fingerprint density at radius 3 is 2.47 bits per heavy atom. The predicted octanol–water partition coefficient (Wildman–Crippen LogP) is 3.17. The minimum atomic E-state index is -3.52. The van der Waals surface area contributed by atoms with Crippen LogP contribution in [0.1, 0.15) is 19.3 Å². The van der Waals surface area contributed by atoms with E-state index in [4.69, 9.17) is 4.42 Å². The molecule has 3 aromatic rings. The van der Waals surface area contributed by atoms with Crippen molar-refractivity contribution in [3.05, 3.63) is 57.5 Å². The maximum absolute atomic E-state index is 12.7. The van der Waals surface area contributed by atoms with Gasteiger partial charge in [-0.15, -0.1) is 0 Å². The number of rotatable bonds is 5. The molecule has 158 valence electrons. The summed E-state index contributed by atoms with van der Waals surface area (Å²) in [7, 11) is -3.52. The van der Waals surface area contributed by atoms with Crippen molar-refractivity contribution in [3.63, 3.8) is 0 Å². The minimum Gasteiger partial charge on any atom is -0.408 e. The summed E-state index contributed by atoms with van der Waals surface area (Å²) >= 11 is 3.31. The van der Waals surface area contributed by atoms with Gasteiger partial charge in [0.1, 0.15) is 6.54 Å². The monoisotopic (exact) mass is 493 g/mol. The molecule has 10 heteroatoms. The van der Waals surface area contributed by atoms with Crippen LogP contribution >= 0.6 is 15.9 Å². The fourth-order valence-electron chi connectivity index (χ4n) is 3.50. The van der Waals surface area contributed by atoms with Gasteiger partial charge in [-0.3, -0.25) is 9.36 Å². The number of oxazole rings is 1. The maximum atomic E-state index is 12.7. The summed E-state index contributed by atoms with van der Waals surface area (Å²) in [6.07, 6.45) is 2.78. The minimum absolute atomic E-state index is 0.199. The van der Waals surface area contributed by atoms with Gasteiger partial charge in [0.2, 0.25) is 15.9 Å². The Morgan fingerprint density at radius 1 is 1.07 bits per heavy atom. The van der Waals surface area contributed by atoms with Gasteiger partial charge in [0, 0.05) is 23.2 Å². The number of anilines is 1. The lowest BCUT2D eigenvalue weighted by Crippen LogP contribution is -2.35. The molecule has 1 aromatic heterocycles. The van der Waals surface area contributed by atoms with Crippen LogP contribution in [-0.4, -0.2) is 36.3 Å². The third-order valence-corrected chi connectivity index (χ3v) is 7.43. The molecule has 0 aliphatic carbocycles. The first-order valence-corrected chi connectivity index (χ1v) is 11.8. The highest BCUT2D eigenvalue weighted by Gasteiger charge is 2.25. The number of aromatic nitrogens is 1. The highest BCUT2D eigenvalue weighted by Crippen LogP contribution is 2.22. The third-order valence-electron chi connectivity index (χ3n) is 5.02. The second-order valence-corrected chi connectivity index (χ2v) is 9.96. The molecule has 0 spiro atoms. The van der Waals surface area contributed by atoms with E-state index in [0.29, 0.717) is 29.9 Å². The smallest absolute Gasteiger partial charge is 0.408 e. The van der Waals surface area contributed by atoms with Crippen molar-refractivity contribution >= 4 is 48.6 Å². The molecule has 0 radical (unpaired) electrons. The predicted molar refractivity (Wildman–Crippen MR) is 116 cm³/mol. The number of hydrogen-bond donors (Lipinski definition) is 1. The van der Waals surface area contributed by atoms with Crippen molar-refractivity contribution in [3.8, 4) is 0 Å².